The lowest BCUT2D eigenvalue weighted by atomic mass is 9.86. The van der Waals surface area contributed by atoms with E-state index in [1.807, 2.05) is 0 Å². The molecule has 150 valence electrons. The Balaban J connectivity index is 1.47. The molecule has 0 saturated carbocycles. The van der Waals surface area contributed by atoms with Gasteiger partial charge in [0, 0.05) is 38.6 Å². The van der Waals surface area contributed by atoms with E-state index in [1.165, 1.54) is 16.3 Å². The van der Waals surface area contributed by atoms with Crippen molar-refractivity contribution in [3.05, 3.63) is 48.0 Å². The zero-order valence-corrected chi connectivity index (χ0v) is 16.4. The van der Waals surface area contributed by atoms with E-state index in [4.69, 9.17) is 4.74 Å². The van der Waals surface area contributed by atoms with Crippen LogP contribution in [-0.4, -0.2) is 66.3 Å². The highest BCUT2D eigenvalue weighted by Crippen LogP contribution is 2.29. The van der Waals surface area contributed by atoms with Gasteiger partial charge in [0.05, 0.1) is 13.2 Å². The molecule has 0 radical (unpaired) electrons. The molecule has 0 bridgehead atoms. The number of rotatable bonds is 6. The first kappa shape index (κ1) is 19.4. The monoisotopic (exact) mass is 382 g/mol. The maximum atomic E-state index is 11.2. The van der Waals surface area contributed by atoms with Gasteiger partial charge >= 0.3 is 5.97 Å². The van der Waals surface area contributed by atoms with Crippen LogP contribution >= 0.6 is 0 Å². The van der Waals surface area contributed by atoms with Crippen LogP contribution in [0.25, 0.3) is 10.8 Å². The van der Waals surface area contributed by atoms with Gasteiger partial charge in [-0.05, 0) is 41.6 Å². The van der Waals surface area contributed by atoms with E-state index >= 15 is 0 Å². The molecule has 28 heavy (non-hydrogen) atoms. The number of fused-ring (bicyclic) bond motifs is 1. The molecule has 2 fully saturated rings. The number of aliphatic carboxylic acids is 1. The van der Waals surface area contributed by atoms with Gasteiger partial charge in [-0.3, -0.25) is 14.6 Å². The zero-order chi connectivity index (χ0) is 19.3. The van der Waals surface area contributed by atoms with Gasteiger partial charge in [-0.15, -0.1) is 0 Å². The van der Waals surface area contributed by atoms with E-state index in [2.05, 4.69) is 52.3 Å². The third-order valence-electron chi connectivity index (χ3n) is 6.30. The molecule has 2 aromatic carbocycles. The van der Waals surface area contributed by atoms with Crippen molar-refractivity contribution in [1.82, 2.24) is 9.80 Å². The lowest BCUT2D eigenvalue weighted by Crippen LogP contribution is -2.53. The summed E-state index contributed by atoms with van der Waals surface area (Å²) in [6.45, 7) is 6.49. The summed E-state index contributed by atoms with van der Waals surface area (Å²) >= 11 is 0. The highest BCUT2D eigenvalue weighted by molar-refractivity contribution is 5.85. The Hall–Kier alpha value is -1.95. The van der Waals surface area contributed by atoms with E-state index in [9.17, 15) is 9.90 Å². The van der Waals surface area contributed by atoms with Gasteiger partial charge in [-0.2, -0.15) is 0 Å². The first-order valence-electron chi connectivity index (χ1n) is 10.4. The molecule has 2 atom stereocenters. The van der Waals surface area contributed by atoms with E-state index in [0.717, 1.165) is 58.8 Å². The standard InChI is InChI=1S/C23H30N2O3/c26-23(27)9-8-20-17-24(11-10-22(20)25-12-14-28-15-13-25)16-19-6-3-5-18-4-1-2-7-21(18)19/h1-7,20,22H,8-17H2,(H,26,27)/t20-,22+/m1/s1. The molecule has 0 aromatic heterocycles. The minimum Gasteiger partial charge on any atom is -0.481 e. The first-order chi connectivity index (χ1) is 13.7. The minimum atomic E-state index is -0.688. The van der Waals surface area contributed by atoms with Crippen molar-refractivity contribution in [1.29, 1.82) is 0 Å². The Labute approximate surface area is 166 Å². The Bertz CT molecular complexity index is 798. The molecule has 2 aliphatic heterocycles. The van der Waals surface area contributed by atoms with Gasteiger partial charge in [0.25, 0.3) is 0 Å². The summed E-state index contributed by atoms with van der Waals surface area (Å²) in [7, 11) is 0. The van der Waals surface area contributed by atoms with E-state index in [0.29, 0.717) is 12.0 Å². The van der Waals surface area contributed by atoms with E-state index in [1.54, 1.807) is 0 Å². The molecule has 2 aromatic rings. The third-order valence-corrected chi connectivity index (χ3v) is 6.30. The molecule has 0 unspecified atom stereocenters. The second-order valence-corrected chi connectivity index (χ2v) is 8.07. The van der Waals surface area contributed by atoms with Gasteiger partial charge < -0.3 is 9.84 Å². The summed E-state index contributed by atoms with van der Waals surface area (Å²) in [5, 5.41) is 11.8. The molecule has 5 nitrogen and oxygen atoms in total. The van der Waals surface area contributed by atoms with Crippen molar-refractivity contribution >= 4 is 16.7 Å². The molecular weight excluding hydrogens is 352 g/mol. The zero-order valence-electron chi connectivity index (χ0n) is 16.4. The second-order valence-electron chi connectivity index (χ2n) is 8.07. The summed E-state index contributed by atoms with van der Waals surface area (Å²) in [5.74, 6) is -0.287. The van der Waals surface area contributed by atoms with Crippen molar-refractivity contribution in [2.24, 2.45) is 5.92 Å². The van der Waals surface area contributed by atoms with Crippen molar-refractivity contribution < 1.29 is 14.6 Å². The number of benzene rings is 2. The van der Waals surface area contributed by atoms with Gasteiger partial charge in [0.1, 0.15) is 0 Å². The predicted octanol–water partition coefficient (Wildman–Crippen LogP) is 3.23. The topological polar surface area (TPSA) is 53.0 Å². The smallest absolute Gasteiger partial charge is 0.303 e. The minimum absolute atomic E-state index is 0.258. The van der Waals surface area contributed by atoms with Crippen LogP contribution in [0.1, 0.15) is 24.8 Å². The number of nitrogens with zero attached hydrogens (tertiary/aromatic N) is 2. The first-order valence-corrected chi connectivity index (χ1v) is 10.4. The van der Waals surface area contributed by atoms with Gasteiger partial charge in [0.15, 0.2) is 0 Å². The average Bonchev–Trinajstić information content (AvgIpc) is 2.73. The largest absolute Gasteiger partial charge is 0.481 e. The average molecular weight is 383 g/mol. The van der Waals surface area contributed by atoms with Crippen LogP contribution in [0.15, 0.2) is 42.5 Å². The van der Waals surface area contributed by atoms with Crippen molar-refractivity contribution in [3.8, 4) is 0 Å². The van der Waals surface area contributed by atoms with Crippen LogP contribution in [0.4, 0.5) is 0 Å². The Morgan fingerprint density at radius 1 is 1.07 bits per heavy atom. The Morgan fingerprint density at radius 2 is 1.86 bits per heavy atom. The summed E-state index contributed by atoms with van der Waals surface area (Å²) < 4.78 is 5.52. The third kappa shape index (κ3) is 4.54. The molecule has 0 spiro atoms. The lowest BCUT2D eigenvalue weighted by Gasteiger charge is -2.45. The summed E-state index contributed by atoms with van der Waals surface area (Å²) in [5.41, 5.74) is 1.36. The molecule has 2 aliphatic rings. The van der Waals surface area contributed by atoms with Crippen molar-refractivity contribution in [2.75, 3.05) is 39.4 Å². The predicted molar refractivity (Wildman–Crippen MR) is 110 cm³/mol. The maximum Gasteiger partial charge on any atom is 0.303 e. The van der Waals surface area contributed by atoms with Gasteiger partial charge in [-0.25, -0.2) is 0 Å². The number of carbonyl (C=O) groups is 1. The molecule has 0 amide bonds. The number of piperidine rings is 1. The van der Waals surface area contributed by atoms with Crippen LogP contribution in [-0.2, 0) is 16.1 Å². The number of hydrogen-bond donors (Lipinski definition) is 1. The SMILES string of the molecule is O=C(O)CC[C@@H]1CN(Cc2cccc3ccccc23)CC[C@@H]1N1CCOCC1. The number of carboxylic acid groups (broad SMARTS) is 1. The van der Waals surface area contributed by atoms with E-state index in [-0.39, 0.29) is 6.42 Å². The van der Waals surface area contributed by atoms with Crippen LogP contribution < -0.4 is 0 Å². The fraction of sp³-hybridized carbons (Fsp3) is 0.522. The Morgan fingerprint density at radius 3 is 2.68 bits per heavy atom. The highest BCUT2D eigenvalue weighted by atomic mass is 16.5. The molecule has 0 aliphatic carbocycles. The summed E-state index contributed by atoms with van der Waals surface area (Å²) in [6.07, 6.45) is 2.12. The summed E-state index contributed by atoms with van der Waals surface area (Å²) in [6, 6.07) is 15.6. The molecule has 5 heteroatoms. The lowest BCUT2D eigenvalue weighted by molar-refractivity contribution is -0.137. The normalized spacial score (nSPS) is 24.4. The van der Waals surface area contributed by atoms with Crippen LogP contribution in [0, 0.1) is 5.92 Å². The van der Waals surface area contributed by atoms with Crippen molar-refractivity contribution in [2.45, 2.75) is 31.8 Å². The van der Waals surface area contributed by atoms with Crippen LogP contribution in [0.2, 0.25) is 0 Å². The molecule has 2 heterocycles. The van der Waals surface area contributed by atoms with Gasteiger partial charge in [-0.1, -0.05) is 42.5 Å². The fourth-order valence-electron chi connectivity index (χ4n) is 4.89. The second kappa shape index (κ2) is 9.03. The van der Waals surface area contributed by atoms with Crippen LogP contribution in [0.5, 0.6) is 0 Å². The number of ether oxygens (including phenoxy) is 1. The fourth-order valence-corrected chi connectivity index (χ4v) is 4.89. The number of hydrogen-bond acceptors (Lipinski definition) is 4. The molecule has 4 rings (SSSR count). The molecular formula is C23H30N2O3. The Kier molecular flexibility index (Phi) is 6.25. The van der Waals surface area contributed by atoms with Crippen molar-refractivity contribution in [3.63, 3.8) is 0 Å². The molecule has 2 saturated heterocycles. The maximum absolute atomic E-state index is 11.2. The summed E-state index contributed by atoms with van der Waals surface area (Å²) in [4.78, 5) is 16.2. The van der Waals surface area contributed by atoms with E-state index < -0.39 is 5.97 Å². The van der Waals surface area contributed by atoms with Gasteiger partial charge in [0.2, 0.25) is 0 Å². The number of likely N-dealkylation sites (tertiary alicyclic amines) is 1. The molecule has 1 N–H and O–H groups in total. The highest BCUT2D eigenvalue weighted by Gasteiger charge is 2.34. The van der Waals surface area contributed by atoms with Crippen LogP contribution in [0.3, 0.4) is 0 Å². The quantitative estimate of drug-likeness (QED) is 0.831. The number of carboxylic acids is 1. The number of morpholine rings is 1.